The second-order valence-corrected chi connectivity index (χ2v) is 6.56. The summed E-state index contributed by atoms with van der Waals surface area (Å²) >= 11 is 0. The van der Waals surface area contributed by atoms with Gasteiger partial charge in [-0.1, -0.05) is 18.2 Å². The van der Waals surface area contributed by atoms with Crippen LogP contribution in [0.1, 0.15) is 29.6 Å². The molecule has 1 aliphatic carbocycles. The van der Waals surface area contributed by atoms with E-state index in [1.54, 1.807) is 11.0 Å². The molecule has 0 radical (unpaired) electrons. The Labute approximate surface area is 145 Å². The van der Waals surface area contributed by atoms with Crippen LogP contribution in [0.15, 0.2) is 53.3 Å². The molecule has 1 saturated carbocycles. The fraction of sp³-hybridized carbons (Fsp3) is 0.368. The molecule has 6 heteroatoms. The van der Waals surface area contributed by atoms with Crippen LogP contribution in [0.2, 0.25) is 0 Å². The fourth-order valence-corrected chi connectivity index (χ4v) is 3.12. The van der Waals surface area contributed by atoms with Gasteiger partial charge < -0.3 is 19.4 Å². The number of benzene rings is 1. The zero-order valence-electron chi connectivity index (χ0n) is 13.8. The monoisotopic (exact) mass is 340 g/mol. The Morgan fingerprint density at radius 1 is 1.16 bits per heavy atom. The Morgan fingerprint density at radius 3 is 2.64 bits per heavy atom. The molecule has 2 atom stereocenters. The highest BCUT2D eigenvalue weighted by Gasteiger charge is 2.42. The molecule has 0 unspecified atom stereocenters. The molecule has 1 N–H and O–H groups in total. The van der Waals surface area contributed by atoms with E-state index in [0.717, 1.165) is 18.6 Å². The largest absolute Gasteiger partial charge is 0.488 e. The Balaban J connectivity index is 1.51. The molecule has 1 saturated heterocycles. The van der Waals surface area contributed by atoms with Gasteiger partial charge in [0, 0.05) is 12.5 Å². The van der Waals surface area contributed by atoms with Crippen molar-refractivity contribution in [3.63, 3.8) is 0 Å². The SMILES string of the molecule is O=C(NC1CC1)[C@@H]1C[C@H](Oc2ccccc2)CN1C(=O)c1ccoc1. The second-order valence-electron chi connectivity index (χ2n) is 6.56. The summed E-state index contributed by atoms with van der Waals surface area (Å²) in [6, 6.07) is 10.8. The minimum absolute atomic E-state index is 0.0986. The van der Waals surface area contributed by atoms with Crippen LogP contribution in [-0.4, -0.2) is 41.4 Å². The van der Waals surface area contributed by atoms with E-state index in [2.05, 4.69) is 5.32 Å². The standard InChI is InChI=1S/C19H20N2O4/c22-18(20-14-6-7-14)17-10-16(25-15-4-2-1-3-5-15)11-21(17)19(23)13-8-9-24-12-13/h1-5,8-9,12,14,16-17H,6-7,10-11H2,(H,20,22)/t16-,17-/m0/s1. The van der Waals surface area contributed by atoms with E-state index in [1.807, 2.05) is 30.3 Å². The summed E-state index contributed by atoms with van der Waals surface area (Å²) in [5, 5.41) is 3.00. The van der Waals surface area contributed by atoms with Crippen LogP contribution >= 0.6 is 0 Å². The Morgan fingerprint density at radius 2 is 1.96 bits per heavy atom. The topological polar surface area (TPSA) is 71.8 Å². The number of para-hydroxylation sites is 1. The van der Waals surface area contributed by atoms with E-state index in [-0.39, 0.29) is 24.0 Å². The van der Waals surface area contributed by atoms with E-state index in [0.29, 0.717) is 18.5 Å². The summed E-state index contributed by atoms with van der Waals surface area (Å²) in [6.45, 7) is 0.377. The summed E-state index contributed by atoms with van der Waals surface area (Å²) in [4.78, 5) is 26.9. The molecule has 2 heterocycles. The zero-order chi connectivity index (χ0) is 17.2. The number of carbonyl (C=O) groups is 2. The van der Waals surface area contributed by atoms with Crippen molar-refractivity contribution >= 4 is 11.8 Å². The number of amides is 2. The maximum absolute atomic E-state index is 12.8. The number of rotatable bonds is 5. The molecule has 0 spiro atoms. The average Bonchev–Trinajstić information content (AvgIpc) is 3.12. The van der Waals surface area contributed by atoms with Gasteiger partial charge in [-0.25, -0.2) is 0 Å². The van der Waals surface area contributed by atoms with Crippen molar-refractivity contribution in [2.45, 2.75) is 37.5 Å². The summed E-state index contributed by atoms with van der Waals surface area (Å²) in [5.74, 6) is 0.439. The lowest BCUT2D eigenvalue weighted by Gasteiger charge is -2.23. The summed E-state index contributed by atoms with van der Waals surface area (Å²) < 4.78 is 11.0. The Hall–Kier alpha value is -2.76. The molecule has 6 nitrogen and oxygen atoms in total. The third kappa shape index (κ3) is 3.52. The zero-order valence-corrected chi connectivity index (χ0v) is 13.8. The molecule has 1 aliphatic heterocycles. The third-order valence-corrected chi connectivity index (χ3v) is 4.56. The smallest absolute Gasteiger partial charge is 0.257 e. The van der Waals surface area contributed by atoms with Crippen LogP contribution in [-0.2, 0) is 4.79 Å². The number of ether oxygens (including phenoxy) is 1. The summed E-state index contributed by atoms with van der Waals surface area (Å²) in [5.41, 5.74) is 0.449. The van der Waals surface area contributed by atoms with E-state index in [1.165, 1.54) is 12.5 Å². The van der Waals surface area contributed by atoms with Gasteiger partial charge in [-0.15, -0.1) is 0 Å². The summed E-state index contributed by atoms with van der Waals surface area (Å²) in [6.07, 6.45) is 5.16. The molecule has 25 heavy (non-hydrogen) atoms. The third-order valence-electron chi connectivity index (χ3n) is 4.56. The minimum atomic E-state index is -0.517. The number of likely N-dealkylation sites (tertiary alicyclic amines) is 1. The van der Waals surface area contributed by atoms with Crippen molar-refractivity contribution in [2.24, 2.45) is 0 Å². The fourth-order valence-electron chi connectivity index (χ4n) is 3.12. The minimum Gasteiger partial charge on any atom is -0.488 e. The molecule has 1 aromatic heterocycles. The number of hydrogen-bond acceptors (Lipinski definition) is 4. The molecule has 0 bridgehead atoms. The van der Waals surface area contributed by atoms with Crippen molar-refractivity contribution in [3.8, 4) is 5.75 Å². The van der Waals surface area contributed by atoms with Gasteiger partial charge in [-0.05, 0) is 31.0 Å². The second kappa shape index (κ2) is 6.63. The van der Waals surface area contributed by atoms with Crippen molar-refractivity contribution in [3.05, 3.63) is 54.5 Å². The van der Waals surface area contributed by atoms with Crippen molar-refractivity contribution in [1.29, 1.82) is 0 Å². The number of nitrogens with one attached hydrogen (secondary N) is 1. The van der Waals surface area contributed by atoms with Gasteiger partial charge in [0.1, 0.15) is 24.2 Å². The molecule has 2 fully saturated rings. The van der Waals surface area contributed by atoms with Crippen LogP contribution in [0, 0.1) is 0 Å². The van der Waals surface area contributed by atoms with Gasteiger partial charge in [0.25, 0.3) is 5.91 Å². The van der Waals surface area contributed by atoms with Crippen LogP contribution in [0.25, 0.3) is 0 Å². The first kappa shape index (κ1) is 15.7. The number of hydrogen-bond donors (Lipinski definition) is 1. The first-order valence-corrected chi connectivity index (χ1v) is 8.56. The van der Waals surface area contributed by atoms with Gasteiger partial charge in [0.05, 0.1) is 18.4 Å². The van der Waals surface area contributed by atoms with E-state index >= 15 is 0 Å². The quantitative estimate of drug-likeness (QED) is 0.906. The van der Waals surface area contributed by atoms with Gasteiger partial charge in [0.15, 0.2) is 0 Å². The highest BCUT2D eigenvalue weighted by molar-refractivity contribution is 5.97. The first-order chi connectivity index (χ1) is 12.2. The molecule has 2 aliphatic rings. The summed E-state index contributed by atoms with van der Waals surface area (Å²) in [7, 11) is 0. The van der Waals surface area contributed by atoms with Crippen LogP contribution < -0.4 is 10.1 Å². The van der Waals surface area contributed by atoms with Crippen LogP contribution in [0.4, 0.5) is 0 Å². The van der Waals surface area contributed by atoms with Gasteiger partial charge in [0.2, 0.25) is 5.91 Å². The molecule has 1 aromatic carbocycles. The maximum atomic E-state index is 12.8. The number of furan rings is 1. The lowest BCUT2D eigenvalue weighted by Crippen LogP contribution is -2.46. The Bertz CT molecular complexity index is 740. The molecule has 4 rings (SSSR count). The van der Waals surface area contributed by atoms with E-state index in [4.69, 9.17) is 9.15 Å². The van der Waals surface area contributed by atoms with E-state index in [9.17, 15) is 9.59 Å². The van der Waals surface area contributed by atoms with Crippen LogP contribution in [0.5, 0.6) is 5.75 Å². The normalized spacial score (nSPS) is 22.6. The van der Waals surface area contributed by atoms with E-state index < -0.39 is 6.04 Å². The Kier molecular flexibility index (Phi) is 4.17. The predicted molar refractivity (Wildman–Crippen MR) is 90.2 cm³/mol. The lowest BCUT2D eigenvalue weighted by molar-refractivity contribution is -0.125. The average molecular weight is 340 g/mol. The maximum Gasteiger partial charge on any atom is 0.257 e. The lowest BCUT2D eigenvalue weighted by atomic mass is 10.1. The predicted octanol–water partition coefficient (Wildman–Crippen LogP) is 2.22. The van der Waals surface area contributed by atoms with Gasteiger partial charge in [-0.3, -0.25) is 9.59 Å². The number of nitrogens with zero attached hydrogens (tertiary/aromatic N) is 1. The van der Waals surface area contributed by atoms with Crippen molar-refractivity contribution in [2.75, 3.05) is 6.54 Å². The molecular weight excluding hydrogens is 320 g/mol. The van der Waals surface area contributed by atoms with Crippen LogP contribution in [0.3, 0.4) is 0 Å². The molecule has 2 amide bonds. The van der Waals surface area contributed by atoms with Crippen molar-refractivity contribution in [1.82, 2.24) is 10.2 Å². The molecular formula is C19H20N2O4. The van der Waals surface area contributed by atoms with Crippen molar-refractivity contribution < 1.29 is 18.7 Å². The molecule has 130 valence electrons. The van der Waals surface area contributed by atoms with Gasteiger partial charge >= 0.3 is 0 Å². The van der Waals surface area contributed by atoms with Gasteiger partial charge in [-0.2, -0.15) is 0 Å². The number of carbonyl (C=O) groups excluding carboxylic acids is 2. The molecule has 2 aromatic rings. The highest BCUT2D eigenvalue weighted by Crippen LogP contribution is 2.27. The first-order valence-electron chi connectivity index (χ1n) is 8.56. The highest BCUT2D eigenvalue weighted by atomic mass is 16.5.